The minimum Gasteiger partial charge on any atom is -0.465 e. The van der Waals surface area contributed by atoms with Gasteiger partial charge in [0.1, 0.15) is 6.54 Å². The van der Waals surface area contributed by atoms with E-state index in [1.165, 1.54) is 6.33 Å². The number of nitrogens with zero attached hydrogens (tertiary/aromatic N) is 2. The van der Waals surface area contributed by atoms with Crippen LogP contribution in [0.5, 0.6) is 0 Å². The lowest BCUT2D eigenvalue weighted by molar-refractivity contribution is -0.143. The number of carbonyl (C=O) groups is 2. The van der Waals surface area contributed by atoms with Gasteiger partial charge in [-0.3, -0.25) is 9.59 Å². The van der Waals surface area contributed by atoms with E-state index in [-0.39, 0.29) is 24.3 Å². The summed E-state index contributed by atoms with van der Waals surface area (Å²) in [6.45, 7) is 2.15. The fraction of sp³-hybridized carbons (Fsp3) is 0.190. The van der Waals surface area contributed by atoms with Gasteiger partial charge in [-0.15, -0.1) is 0 Å². The molecule has 0 aliphatic heterocycles. The van der Waals surface area contributed by atoms with Crippen molar-refractivity contribution in [2.75, 3.05) is 11.9 Å². The van der Waals surface area contributed by atoms with Crippen LogP contribution in [0, 0.1) is 0 Å². The molecule has 0 spiro atoms. The SMILES string of the molecule is CCOC(=O)Cn1cnc(NC(=O)C2c3ccccc3-c3ccccc32)c1. The first kappa shape index (κ1) is 17.0. The molecule has 1 heterocycles. The van der Waals surface area contributed by atoms with Crippen molar-refractivity contribution in [3.05, 3.63) is 72.2 Å². The molecular formula is C21H19N3O3. The van der Waals surface area contributed by atoms with Crippen LogP contribution >= 0.6 is 0 Å². The highest BCUT2D eigenvalue weighted by molar-refractivity contribution is 6.02. The number of rotatable bonds is 5. The van der Waals surface area contributed by atoms with Crippen molar-refractivity contribution in [2.24, 2.45) is 0 Å². The van der Waals surface area contributed by atoms with Crippen LogP contribution in [-0.4, -0.2) is 28.0 Å². The maximum absolute atomic E-state index is 13.0. The molecule has 27 heavy (non-hydrogen) atoms. The zero-order chi connectivity index (χ0) is 18.8. The van der Waals surface area contributed by atoms with Crippen LogP contribution in [0.4, 0.5) is 5.82 Å². The van der Waals surface area contributed by atoms with E-state index in [1.807, 2.05) is 48.5 Å². The third-order valence-corrected chi connectivity index (χ3v) is 4.60. The zero-order valence-electron chi connectivity index (χ0n) is 14.9. The molecule has 1 amide bonds. The highest BCUT2D eigenvalue weighted by Crippen LogP contribution is 2.44. The Balaban J connectivity index is 1.56. The summed E-state index contributed by atoms with van der Waals surface area (Å²) in [6.07, 6.45) is 3.13. The molecule has 0 radical (unpaired) electrons. The first-order valence-electron chi connectivity index (χ1n) is 8.84. The first-order valence-corrected chi connectivity index (χ1v) is 8.84. The predicted molar refractivity (Wildman–Crippen MR) is 101 cm³/mol. The largest absolute Gasteiger partial charge is 0.465 e. The van der Waals surface area contributed by atoms with Crippen LogP contribution in [0.2, 0.25) is 0 Å². The van der Waals surface area contributed by atoms with Crippen LogP contribution in [0.15, 0.2) is 61.1 Å². The molecule has 136 valence electrons. The van der Waals surface area contributed by atoms with E-state index in [0.717, 1.165) is 22.3 Å². The van der Waals surface area contributed by atoms with Crippen molar-refractivity contribution in [3.63, 3.8) is 0 Å². The van der Waals surface area contributed by atoms with Gasteiger partial charge >= 0.3 is 5.97 Å². The molecular weight excluding hydrogens is 342 g/mol. The van der Waals surface area contributed by atoms with Crippen molar-refractivity contribution in [3.8, 4) is 11.1 Å². The van der Waals surface area contributed by atoms with Gasteiger partial charge in [0.05, 0.1) is 18.9 Å². The smallest absolute Gasteiger partial charge is 0.325 e. The number of nitrogens with one attached hydrogen (secondary N) is 1. The molecule has 1 N–H and O–H groups in total. The molecule has 1 aromatic heterocycles. The standard InChI is InChI=1S/C21H19N3O3/c1-2-27-19(25)12-24-11-18(22-13-24)23-21(26)20-16-9-5-3-7-14(16)15-8-4-6-10-17(15)20/h3-11,13,20H,2,12H2,1H3,(H,23,26). The molecule has 0 atom stereocenters. The van der Waals surface area contributed by atoms with E-state index in [4.69, 9.17) is 4.74 Å². The fourth-order valence-electron chi connectivity index (χ4n) is 3.50. The number of esters is 1. The van der Waals surface area contributed by atoms with Gasteiger partial charge in [-0.05, 0) is 29.2 Å². The van der Waals surface area contributed by atoms with Crippen LogP contribution in [0.1, 0.15) is 24.0 Å². The van der Waals surface area contributed by atoms with E-state index in [9.17, 15) is 9.59 Å². The van der Waals surface area contributed by atoms with Crippen LogP contribution in [-0.2, 0) is 20.9 Å². The van der Waals surface area contributed by atoms with E-state index >= 15 is 0 Å². The number of imidazole rings is 1. The molecule has 3 aromatic rings. The Kier molecular flexibility index (Phi) is 4.46. The van der Waals surface area contributed by atoms with Gasteiger partial charge in [0.25, 0.3) is 0 Å². The minimum absolute atomic E-state index is 0.0613. The second-order valence-corrected chi connectivity index (χ2v) is 6.33. The lowest BCUT2D eigenvalue weighted by atomic mass is 9.96. The van der Waals surface area contributed by atoms with Gasteiger partial charge in [0, 0.05) is 6.20 Å². The molecule has 1 aliphatic rings. The topological polar surface area (TPSA) is 73.2 Å². The third-order valence-electron chi connectivity index (χ3n) is 4.60. The van der Waals surface area contributed by atoms with Crippen molar-refractivity contribution in [1.82, 2.24) is 9.55 Å². The average molecular weight is 361 g/mol. The number of fused-ring (bicyclic) bond motifs is 3. The van der Waals surface area contributed by atoms with E-state index in [0.29, 0.717) is 12.4 Å². The molecule has 1 aliphatic carbocycles. The molecule has 6 heteroatoms. The van der Waals surface area contributed by atoms with E-state index in [1.54, 1.807) is 17.7 Å². The van der Waals surface area contributed by atoms with Gasteiger partial charge in [-0.2, -0.15) is 0 Å². The van der Waals surface area contributed by atoms with Crippen molar-refractivity contribution in [2.45, 2.75) is 19.4 Å². The van der Waals surface area contributed by atoms with Crippen molar-refractivity contribution >= 4 is 17.7 Å². The second kappa shape index (κ2) is 7.07. The number of amides is 1. The Hall–Kier alpha value is -3.41. The van der Waals surface area contributed by atoms with Crippen molar-refractivity contribution in [1.29, 1.82) is 0 Å². The summed E-state index contributed by atoms with van der Waals surface area (Å²) in [5.74, 6) is -0.459. The summed E-state index contributed by atoms with van der Waals surface area (Å²) in [5.41, 5.74) is 4.14. The summed E-state index contributed by atoms with van der Waals surface area (Å²) < 4.78 is 6.51. The third kappa shape index (κ3) is 3.21. The van der Waals surface area contributed by atoms with Gasteiger partial charge in [-0.1, -0.05) is 48.5 Å². The predicted octanol–water partition coefficient (Wildman–Crippen LogP) is 3.20. The van der Waals surface area contributed by atoms with E-state index < -0.39 is 0 Å². The van der Waals surface area contributed by atoms with Crippen LogP contribution < -0.4 is 5.32 Å². The molecule has 4 rings (SSSR count). The molecule has 0 saturated heterocycles. The highest BCUT2D eigenvalue weighted by Gasteiger charge is 2.33. The number of hydrogen-bond donors (Lipinski definition) is 1. The van der Waals surface area contributed by atoms with Gasteiger partial charge in [-0.25, -0.2) is 4.98 Å². The lowest BCUT2D eigenvalue weighted by Crippen LogP contribution is -2.20. The summed E-state index contributed by atoms with van der Waals surface area (Å²) in [7, 11) is 0. The van der Waals surface area contributed by atoms with Crippen molar-refractivity contribution < 1.29 is 14.3 Å². The van der Waals surface area contributed by atoms with Crippen LogP contribution in [0.3, 0.4) is 0 Å². The molecule has 6 nitrogen and oxygen atoms in total. The molecule has 0 unspecified atom stereocenters. The van der Waals surface area contributed by atoms with E-state index in [2.05, 4.69) is 10.3 Å². The molecule has 0 saturated carbocycles. The maximum atomic E-state index is 13.0. The quantitative estimate of drug-likeness (QED) is 0.708. The molecule has 0 bridgehead atoms. The monoisotopic (exact) mass is 361 g/mol. The number of ether oxygens (including phenoxy) is 1. The van der Waals surface area contributed by atoms with Gasteiger partial charge in [0.15, 0.2) is 5.82 Å². The summed E-state index contributed by atoms with van der Waals surface area (Å²) in [5, 5.41) is 2.87. The number of aromatic nitrogens is 2. The Morgan fingerprint density at radius 3 is 2.33 bits per heavy atom. The second-order valence-electron chi connectivity index (χ2n) is 6.33. The average Bonchev–Trinajstić information content (AvgIpc) is 3.23. The maximum Gasteiger partial charge on any atom is 0.325 e. The number of benzene rings is 2. The summed E-state index contributed by atoms with van der Waals surface area (Å²) >= 11 is 0. The zero-order valence-corrected chi connectivity index (χ0v) is 14.9. The number of anilines is 1. The first-order chi connectivity index (χ1) is 13.2. The lowest BCUT2D eigenvalue weighted by Gasteiger charge is -2.12. The van der Waals surface area contributed by atoms with Gasteiger partial charge in [0.2, 0.25) is 5.91 Å². The number of hydrogen-bond acceptors (Lipinski definition) is 4. The minimum atomic E-state index is -0.382. The Morgan fingerprint density at radius 2 is 1.70 bits per heavy atom. The Morgan fingerprint density at radius 1 is 1.07 bits per heavy atom. The Bertz CT molecular complexity index is 964. The fourth-order valence-corrected chi connectivity index (χ4v) is 3.50. The number of carbonyl (C=O) groups excluding carboxylic acids is 2. The molecule has 0 fully saturated rings. The van der Waals surface area contributed by atoms with Gasteiger partial charge < -0.3 is 14.6 Å². The summed E-state index contributed by atoms with van der Waals surface area (Å²) in [4.78, 5) is 28.8. The highest BCUT2D eigenvalue weighted by atomic mass is 16.5. The molecule has 2 aromatic carbocycles. The summed E-state index contributed by atoms with van der Waals surface area (Å²) in [6, 6.07) is 15.9. The normalized spacial score (nSPS) is 12.3. The van der Waals surface area contributed by atoms with Crippen LogP contribution in [0.25, 0.3) is 11.1 Å². The Labute approximate surface area is 156 Å².